The Kier molecular flexibility index (Phi) is 4.73. The van der Waals surface area contributed by atoms with Crippen LogP contribution in [0.5, 0.6) is 0 Å². The summed E-state index contributed by atoms with van der Waals surface area (Å²) >= 11 is 0. The van der Waals surface area contributed by atoms with Gasteiger partial charge in [-0.3, -0.25) is 4.79 Å². The lowest BCUT2D eigenvalue weighted by atomic mass is 10.0. The van der Waals surface area contributed by atoms with Gasteiger partial charge in [-0.2, -0.15) is 0 Å². The quantitative estimate of drug-likeness (QED) is 0.894. The van der Waals surface area contributed by atoms with Gasteiger partial charge in [0.2, 0.25) is 10.0 Å². The molecule has 0 radical (unpaired) electrons. The first-order valence-corrected chi connectivity index (χ1v) is 8.80. The molecule has 2 rings (SSSR count). The van der Waals surface area contributed by atoms with Gasteiger partial charge < -0.3 is 9.32 Å². The first kappa shape index (κ1) is 16.0. The zero-order chi connectivity index (χ0) is 15.6. The molecule has 0 aliphatic carbocycles. The second-order valence-corrected chi connectivity index (χ2v) is 7.61. The largest absolute Gasteiger partial charge is 0.459 e. The van der Waals surface area contributed by atoms with Crippen molar-refractivity contribution in [2.45, 2.75) is 38.6 Å². The minimum atomic E-state index is -3.34. The van der Waals surface area contributed by atoms with E-state index in [1.807, 2.05) is 13.8 Å². The van der Waals surface area contributed by atoms with E-state index in [2.05, 4.69) is 4.72 Å². The lowest BCUT2D eigenvalue weighted by Gasteiger charge is -2.24. The predicted molar refractivity (Wildman–Crippen MR) is 79.7 cm³/mol. The molecule has 1 saturated heterocycles. The van der Waals surface area contributed by atoms with Crippen LogP contribution in [-0.2, 0) is 10.0 Å². The van der Waals surface area contributed by atoms with Crippen LogP contribution in [0, 0.1) is 0 Å². The molecule has 118 valence electrons. The van der Waals surface area contributed by atoms with E-state index in [4.69, 9.17) is 4.42 Å². The van der Waals surface area contributed by atoms with Crippen LogP contribution in [-0.4, -0.2) is 44.6 Å². The molecule has 1 amide bonds. The maximum absolute atomic E-state index is 12.6. The highest BCUT2D eigenvalue weighted by Crippen LogP contribution is 2.26. The monoisotopic (exact) mass is 314 g/mol. The van der Waals surface area contributed by atoms with E-state index in [0.717, 1.165) is 12.0 Å². The lowest BCUT2D eigenvalue weighted by Crippen LogP contribution is -2.42. The first-order valence-electron chi connectivity index (χ1n) is 7.15. The third-order valence-electron chi connectivity index (χ3n) is 3.87. The molecule has 1 aliphatic rings. The molecule has 0 aromatic carbocycles. The summed E-state index contributed by atoms with van der Waals surface area (Å²) in [5, 5.41) is 0. The Morgan fingerprint density at radius 3 is 2.86 bits per heavy atom. The van der Waals surface area contributed by atoms with E-state index >= 15 is 0 Å². The van der Waals surface area contributed by atoms with Gasteiger partial charge in [-0.05, 0) is 31.9 Å². The highest BCUT2D eigenvalue weighted by atomic mass is 32.2. The van der Waals surface area contributed by atoms with E-state index in [1.165, 1.54) is 13.3 Å². The Hall–Kier alpha value is -1.34. The number of furan rings is 1. The normalized spacial score (nSPS) is 19.4. The number of rotatable bonds is 5. The molecule has 0 unspecified atom stereocenters. The van der Waals surface area contributed by atoms with Crippen LogP contribution in [0.15, 0.2) is 16.7 Å². The van der Waals surface area contributed by atoms with Crippen LogP contribution < -0.4 is 4.72 Å². The summed E-state index contributed by atoms with van der Waals surface area (Å²) in [5.74, 6) is 0.244. The average Bonchev–Trinajstić information content (AvgIpc) is 3.05. The Labute approximate surface area is 125 Å². The van der Waals surface area contributed by atoms with Gasteiger partial charge in [-0.15, -0.1) is 0 Å². The molecule has 1 N–H and O–H groups in total. The fourth-order valence-electron chi connectivity index (χ4n) is 2.69. The Balaban J connectivity index is 2.20. The predicted octanol–water partition coefficient (Wildman–Crippen LogP) is 1.56. The zero-order valence-corrected chi connectivity index (χ0v) is 13.4. The minimum Gasteiger partial charge on any atom is -0.459 e. The van der Waals surface area contributed by atoms with Gasteiger partial charge in [-0.25, -0.2) is 13.1 Å². The van der Waals surface area contributed by atoms with Gasteiger partial charge in [0.25, 0.3) is 5.91 Å². The molecule has 21 heavy (non-hydrogen) atoms. The molecule has 0 spiro atoms. The zero-order valence-electron chi connectivity index (χ0n) is 12.6. The van der Waals surface area contributed by atoms with Crippen molar-refractivity contribution in [1.29, 1.82) is 0 Å². The van der Waals surface area contributed by atoms with Crippen molar-refractivity contribution in [2.24, 2.45) is 0 Å². The second kappa shape index (κ2) is 6.19. The molecule has 1 aliphatic heterocycles. The summed E-state index contributed by atoms with van der Waals surface area (Å²) in [7, 11) is -1.95. The summed E-state index contributed by atoms with van der Waals surface area (Å²) in [6.45, 7) is 4.56. The van der Waals surface area contributed by atoms with E-state index in [0.29, 0.717) is 18.7 Å². The maximum atomic E-state index is 12.6. The molecule has 2 heterocycles. The third kappa shape index (κ3) is 3.47. The Morgan fingerprint density at radius 2 is 2.24 bits per heavy atom. The van der Waals surface area contributed by atoms with E-state index in [1.54, 1.807) is 11.0 Å². The van der Waals surface area contributed by atoms with Crippen molar-refractivity contribution in [3.63, 3.8) is 0 Å². The molecule has 7 heteroatoms. The minimum absolute atomic E-state index is 0.0625. The van der Waals surface area contributed by atoms with Crippen molar-refractivity contribution < 1.29 is 17.6 Å². The molecule has 1 aromatic rings. The van der Waals surface area contributed by atoms with Gasteiger partial charge in [-0.1, -0.05) is 13.8 Å². The lowest BCUT2D eigenvalue weighted by molar-refractivity contribution is 0.0715. The number of nitrogens with zero attached hydrogens (tertiary/aromatic N) is 1. The van der Waals surface area contributed by atoms with Crippen molar-refractivity contribution in [3.05, 3.63) is 23.7 Å². The number of hydrogen-bond donors (Lipinski definition) is 1. The van der Waals surface area contributed by atoms with Gasteiger partial charge in [0, 0.05) is 18.2 Å². The van der Waals surface area contributed by atoms with E-state index < -0.39 is 10.0 Å². The molecule has 6 nitrogen and oxygen atoms in total. The van der Waals surface area contributed by atoms with Gasteiger partial charge >= 0.3 is 0 Å². The van der Waals surface area contributed by atoms with Crippen molar-refractivity contribution >= 4 is 15.9 Å². The molecular weight excluding hydrogens is 292 g/mol. The molecule has 1 atom stereocenters. The van der Waals surface area contributed by atoms with Crippen molar-refractivity contribution in [3.8, 4) is 0 Å². The van der Waals surface area contributed by atoms with Crippen molar-refractivity contribution in [1.82, 2.24) is 9.62 Å². The number of amides is 1. The molecule has 0 saturated carbocycles. The average molecular weight is 314 g/mol. The Morgan fingerprint density at radius 1 is 1.52 bits per heavy atom. The summed E-state index contributed by atoms with van der Waals surface area (Å²) < 4.78 is 31.1. The molecule has 0 bridgehead atoms. The van der Waals surface area contributed by atoms with Crippen LogP contribution >= 0.6 is 0 Å². The number of nitrogens with one attached hydrogen (secondary N) is 1. The van der Waals surface area contributed by atoms with Gasteiger partial charge in [0.15, 0.2) is 5.76 Å². The number of carbonyl (C=O) groups is 1. The first-order chi connectivity index (χ1) is 9.85. The molecule has 1 fully saturated rings. The Bertz CT molecular complexity index is 606. The van der Waals surface area contributed by atoms with Crippen LogP contribution in [0.3, 0.4) is 0 Å². The van der Waals surface area contributed by atoms with E-state index in [-0.39, 0.29) is 23.6 Å². The SMILES string of the molecule is CNS(=O)(=O)C[C@H]1CCCN1C(=O)c1occc1C(C)C. The standard InChI is InChI=1S/C14H22N2O4S/c1-10(2)12-6-8-20-13(12)14(17)16-7-4-5-11(16)9-21(18,19)15-3/h6,8,10-11,15H,4-5,7,9H2,1-3H3/t11-/m1/s1. The summed E-state index contributed by atoms with van der Waals surface area (Å²) in [4.78, 5) is 14.3. The maximum Gasteiger partial charge on any atom is 0.290 e. The third-order valence-corrected chi connectivity index (χ3v) is 5.32. The van der Waals surface area contributed by atoms with Crippen LogP contribution in [0.2, 0.25) is 0 Å². The van der Waals surface area contributed by atoms with Crippen LogP contribution in [0.25, 0.3) is 0 Å². The highest BCUT2D eigenvalue weighted by Gasteiger charge is 2.34. The highest BCUT2D eigenvalue weighted by molar-refractivity contribution is 7.89. The van der Waals surface area contributed by atoms with Gasteiger partial charge in [0.1, 0.15) is 0 Å². The number of sulfonamides is 1. The van der Waals surface area contributed by atoms with E-state index in [9.17, 15) is 13.2 Å². The summed E-state index contributed by atoms with van der Waals surface area (Å²) in [6.07, 6.45) is 3.02. The van der Waals surface area contributed by atoms with Crippen LogP contribution in [0.4, 0.5) is 0 Å². The summed E-state index contributed by atoms with van der Waals surface area (Å²) in [5.41, 5.74) is 0.863. The summed E-state index contributed by atoms with van der Waals surface area (Å²) in [6, 6.07) is 1.51. The van der Waals surface area contributed by atoms with Gasteiger partial charge in [0.05, 0.1) is 12.0 Å². The number of hydrogen-bond acceptors (Lipinski definition) is 4. The fraction of sp³-hybridized carbons (Fsp3) is 0.643. The molecule has 1 aromatic heterocycles. The molecular formula is C14H22N2O4S. The second-order valence-electron chi connectivity index (χ2n) is 5.64. The smallest absolute Gasteiger partial charge is 0.290 e. The topological polar surface area (TPSA) is 79.6 Å². The fourth-order valence-corrected chi connectivity index (χ4v) is 3.71. The van der Waals surface area contributed by atoms with Crippen LogP contribution in [0.1, 0.15) is 48.7 Å². The van der Waals surface area contributed by atoms with Crippen molar-refractivity contribution in [2.75, 3.05) is 19.3 Å². The number of carbonyl (C=O) groups excluding carboxylic acids is 1. The number of likely N-dealkylation sites (tertiary alicyclic amines) is 1.